The highest BCUT2D eigenvalue weighted by molar-refractivity contribution is 7.89. The van der Waals surface area contributed by atoms with Gasteiger partial charge in [0.1, 0.15) is 5.60 Å². The minimum atomic E-state index is -3.51. The van der Waals surface area contributed by atoms with Crippen LogP contribution in [0.3, 0.4) is 0 Å². The third kappa shape index (κ3) is 5.71. The maximum absolute atomic E-state index is 12.4. The van der Waals surface area contributed by atoms with E-state index in [0.29, 0.717) is 17.9 Å². The lowest BCUT2D eigenvalue weighted by Gasteiger charge is -2.24. The lowest BCUT2D eigenvalue weighted by molar-refractivity contribution is 0.0298. The van der Waals surface area contributed by atoms with Crippen LogP contribution in [0.25, 0.3) is 0 Å². The SMILES string of the molecule is CN(CCCNS(=O)(=O)c1ccc2c(c1)CCC2)C(=O)OC(C)(C)C. The normalized spacial score (nSPS) is 14.2. The summed E-state index contributed by atoms with van der Waals surface area (Å²) in [6.45, 7) is 6.12. The molecule has 1 aromatic rings. The van der Waals surface area contributed by atoms with Crippen LogP contribution < -0.4 is 4.72 Å². The van der Waals surface area contributed by atoms with E-state index in [1.807, 2.05) is 26.8 Å². The number of amides is 1. The fourth-order valence-electron chi connectivity index (χ4n) is 2.75. The number of aryl methyl sites for hydroxylation is 2. The average molecular weight is 368 g/mol. The Morgan fingerprint density at radius 2 is 1.92 bits per heavy atom. The van der Waals surface area contributed by atoms with E-state index in [2.05, 4.69) is 4.72 Å². The lowest BCUT2D eigenvalue weighted by Crippen LogP contribution is -2.36. The topological polar surface area (TPSA) is 75.7 Å². The number of benzene rings is 1. The first-order chi connectivity index (χ1) is 11.6. The van der Waals surface area contributed by atoms with E-state index in [0.717, 1.165) is 24.8 Å². The highest BCUT2D eigenvalue weighted by Crippen LogP contribution is 2.24. The average Bonchev–Trinajstić information content (AvgIpc) is 2.97. The summed E-state index contributed by atoms with van der Waals surface area (Å²) in [6.07, 6.45) is 3.16. The Balaban J connectivity index is 1.82. The van der Waals surface area contributed by atoms with Crippen LogP contribution in [0, 0.1) is 0 Å². The lowest BCUT2D eigenvalue weighted by atomic mass is 10.1. The standard InChI is InChI=1S/C18H28N2O4S/c1-18(2,3)24-17(21)20(4)12-6-11-19-25(22,23)16-10-9-14-7-5-8-15(14)13-16/h9-10,13,19H,5-8,11-12H2,1-4H3. The summed E-state index contributed by atoms with van der Waals surface area (Å²) in [7, 11) is -1.87. The monoisotopic (exact) mass is 368 g/mol. The van der Waals surface area contributed by atoms with Crippen molar-refractivity contribution in [1.29, 1.82) is 0 Å². The predicted molar refractivity (Wildman–Crippen MR) is 97.1 cm³/mol. The summed E-state index contributed by atoms with van der Waals surface area (Å²) in [5.74, 6) is 0. The molecule has 1 aliphatic carbocycles. The Hall–Kier alpha value is -1.60. The molecule has 2 rings (SSSR count). The molecule has 1 aliphatic rings. The molecule has 1 amide bonds. The van der Waals surface area contributed by atoms with Gasteiger partial charge < -0.3 is 9.64 Å². The van der Waals surface area contributed by atoms with E-state index in [-0.39, 0.29) is 6.54 Å². The fraction of sp³-hybridized carbons (Fsp3) is 0.611. The van der Waals surface area contributed by atoms with Gasteiger partial charge in [0.05, 0.1) is 4.90 Å². The van der Waals surface area contributed by atoms with Gasteiger partial charge in [-0.3, -0.25) is 0 Å². The summed E-state index contributed by atoms with van der Waals surface area (Å²) in [5.41, 5.74) is 1.84. The number of ether oxygens (including phenoxy) is 1. The first-order valence-corrected chi connectivity index (χ1v) is 10.1. The molecule has 140 valence electrons. The van der Waals surface area contributed by atoms with Gasteiger partial charge in [0.15, 0.2) is 0 Å². The maximum atomic E-state index is 12.4. The van der Waals surface area contributed by atoms with Crippen molar-refractivity contribution in [2.75, 3.05) is 20.1 Å². The zero-order valence-electron chi connectivity index (χ0n) is 15.5. The van der Waals surface area contributed by atoms with Crippen molar-refractivity contribution >= 4 is 16.1 Å². The Bertz CT molecular complexity index is 723. The molecular weight excluding hydrogens is 340 g/mol. The first-order valence-electron chi connectivity index (χ1n) is 8.64. The van der Waals surface area contributed by atoms with Crippen LogP contribution in [0.5, 0.6) is 0 Å². The van der Waals surface area contributed by atoms with Crippen molar-refractivity contribution in [2.24, 2.45) is 0 Å². The Labute approximate surface area is 150 Å². The molecule has 0 saturated heterocycles. The zero-order chi connectivity index (χ0) is 18.7. The highest BCUT2D eigenvalue weighted by Gasteiger charge is 2.20. The fourth-order valence-corrected chi connectivity index (χ4v) is 3.88. The van der Waals surface area contributed by atoms with E-state index in [4.69, 9.17) is 4.74 Å². The molecule has 1 aromatic carbocycles. The molecule has 0 saturated carbocycles. The summed E-state index contributed by atoms with van der Waals surface area (Å²) in [5, 5.41) is 0. The van der Waals surface area contributed by atoms with E-state index in [9.17, 15) is 13.2 Å². The second-order valence-electron chi connectivity index (χ2n) is 7.44. The molecule has 6 nitrogen and oxygen atoms in total. The van der Waals surface area contributed by atoms with Crippen molar-refractivity contribution < 1.29 is 17.9 Å². The molecule has 25 heavy (non-hydrogen) atoms. The van der Waals surface area contributed by atoms with Gasteiger partial charge in [0.25, 0.3) is 0 Å². The second kappa shape index (κ2) is 7.74. The number of rotatable bonds is 6. The third-order valence-corrected chi connectivity index (χ3v) is 5.51. The number of fused-ring (bicyclic) bond motifs is 1. The van der Waals surface area contributed by atoms with E-state index in [1.54, 1.807) is 19.2 Å². The number of carbonyl (C=O) groups excluding carboxylic acids is 1. The van der Waals surface area contributed by atoms with Crippen molar-refractivity contribution in [3.63, 3.8) is 0 Å². The van der Waals surface area contributed by atoms with Gasteiger partial charge in [0, 0.05) is 20.1 Å². The molecule has 0 heterocycles. The second-order valence-corrected chi connectivity index (χ2v) is 9.20. The van der Waals surface area contributed by atoms with Crippen molar-refractivity contribution in [1.82, 2.24) is 9.62 Å². The van der Waals surface area contributed by atoms with Crippen LogP contribution in [-0.4, -0.2) is 45.1 Å². The number of hydrogen-bond acceptors (Lipinski definition) is 4. The molecule has 0 spiro atoms. The van der Waals surface area contributed by atoms with Gasteiger partial charge in [-0.25, -0.2) is 17.9 Å². The third-order valence-electron chi connectivity index (χ3n) is 4.05. The number of nitrogens with one attached hydrogen (secondary N) is 1. The van der Waals surface area contributed by atoms with E-state index in [1.165, 1.54) is 10.5 Å². The highest BCUT2D eigenvalue weighted by atomic mass is 32.2. The molecule has 0 radical (unpaired) electrons. The minimum Gasteiger partial charge on any atom is -0.444 e. The number of sulfonamides is 1. The largest absolute Gasteiger partial charge is 0.444 e. The summed E-state index contributed by atoms with van der Waals surface area (Å²) in [6, 6.07) is 5.35. The molecule has 0 aliphatic heterocycles. The van der Waals surface area contributed by atoms with E-state index < -0.39 is 21.7 Å². The van der Waals surface area contributed by atoms with Gasteiger partial charge >= 0.3 is 6.09 Å². The van der Waals surface area contributed by atoms with Gasteiger partial charge in [0.2, 0.25) is 10.0 Å². The Kier molecular flexibility index (Phi) is 6.11. The molecule has 0 unspecified atom stereocenters. The van der Waals surface area contributed by atoms with Crippen molar-refractivity contribution in [3.05, 3.63) is 29.3 Å². The van der Waals surface area contributed by atoms with Crippen molar-refractivity contribution in [2.45, 2.75) is 57.0 Å². The number of nitrogens with zero attached hydrogens (tertiary/aromatic N) is 1. The molecule has 7 heteroatoms. The Morgan fingerprint density at radius 1 is 1.24 bits per heavy atom. The van der Waals surface area contributed by atoms with E-state index >= 15 is 0 Å². The molecule has 0 fully saturated rings. The molecule has 1 N–H and O–H groups in total. The molecular formula is C18H28N2O4S. The summed E-state index contributed by atoms with van der Waals surface area (Å²) < 4.78 is 32.6. The predicted octanol–water partition coefficient (Wildman–Crippen LogP) is 2.71. The van der Waals surface area contributed by atoms with Crippen LogP contribution in [-0.2, 0) is 27.6 Å². The molecule has 0 aromatic heterocycles. The van der Waals surface area contributed by atoms with Crippen LogP contribution >= 0.6 is 0 Å². The number of carbonyl (C=O) groups is 1. The van der Waals surface area contributed by atoms with Gasteiger partial charge in [-0.1, -0.05) is 6.07 Å². The van der Waals surface area contributed by atoms with Crippen LogP contribution in [0.1, 0.15) is 44.7 Å². The van der Waals surface area contributed by atoms with Gasteiger partial charge in [-0.2, -0.15) is 0 Å². The first kappa shape index (κ1) is 19.7. The molecule has 0 bridgehead atoms. The minimum absolute atomic E-state index is 0.270. The van der Waals surface area contributed by atoms with Crippen LogP contribution in [0.2, 0.25) is 0 Å². The summed E-state index contributed by atoms with van der Waals surface area (Å²) >= 11 is 0. The van der Waals surface area contributed by atoms with Crippen LogP contribution in [0.15, 0.2) is 23.1 Å². The Morgan fingerprint density at radius 3 is 2.60 bits per heavy atom. The summed E-state index contributed by atoms with van der Waals surface area (Å²) in [4.78, 5) is 13.6. The van der Waals surface area contributed by atoms with Gasteiger partial charge in [-0.15, -0.1) is 0 Å². The van der Waals surface area contributed by atoms with Crippen LogP contribution in [0.4, 0.5) is 4.79 Å². The number of hydrogen-bond donors (Lipinski definition) is 1. The smallest absolute Gasteiger partial charge is 0.410 e. The zero-order valence-corrected chi connectivity index (χ0v) is 16.3. The molecule has 0 atom stereocenters. The quantitative estimate of drug-likeness (QED) is 0.784. The van der Waals surface area contributed by atoms with Gasteiger partial charge in [-0.05, 0) is 69.7 Å². The maximum Gasteiger partial charge on any atom is 0.410 e. The van der Waals surface area contributed by atoms with Crippen molar-refractivity contribution in [3.8, 4) is 0 Å².